The Balaban J connectivity index is 2.59. The van der Waals surface area contributed by atoms with Crippen LogP contribution in [0.25, 0.3) is 0 Å². The Morgan fingerprint density at radius 2 is 1.86 bits per heavy atom. The van der Waals surface area contributed by atoms with Crippen molar-refractivity contribution >= 4 is 40.7 Å². The second-order valence-corrected chi connectivity index (χ2v) is 5.53. The molecular formula is C15H20ClN3O3. The first-order valence-electron chi connectivity index (χ1n) is 6.94. The van der Waals surface area contributed by atoms with E-state index in [1.54, 1.807) is 32.0 Å². The number of benzene rings is 1. The maximum atomic E-state index is 11.7. The van der Waals surface area contributed by atoms with Crippen molar-refractivity contribution in [1.29, 1.82) is 0 Å². The lowest BCUT2D eigenvalue weighted by Gasteiger charge is -2.11. The summed E-state index contributed by atoms with van der Waals surface area (Å²) in [4.78, 5) is 34.0. The van der Waals surface area contributed by atoms with Gasteiger partial charge in [0.25, 0.3) is 0 Å². The predicted octanol–water partition coefficient (Wildman–Crippen LogP) is 2.40. The number of hydrogen-bond donors (Lipinski definition) is 3. The van der Waals surface area contributed by atoms with Crippen LogP contribution in [0.15, 0.2) is 18.2 Å². The lowest BCUT2D eigenvalue weighted by molar-refractivity contribution is -0.120. The summed E-state index contributed by atoms with van der Waals surface area (Å²) >= 11 is 6.08. The van der Waals surface area contributed by atoms with E-state index >= 15 is 0 Å². The molecule has 0 saturated heterocycles. The Bertz CT molecular complexity index is 573. The third-order valence-corrected chi connectivity index (χ3v) is 3.07. The average Bonchev–Trinajstić information content (AvgIpc) is 2.41. The fourth-order valence-electron chi connectivity index (χ4n) is 1.55. The lowest BCUT2D eigenvalue weighted by Crippen LogP contribution is -2.25. The topological polar surface area (TPSA) is 87.3 Å². The standard InChI is InChI=1S/C15H20ClN3O3/c1-9(2)15(22)19-13-5-4-11(8-12(13)16)18-14(21)6-7-17-10(3)20/h4-5,8-9H,6-7H2,1-3H3,(H,17,20)(H,18,21)(H,19,22). The highest BCUT2D eigenvalue weighted by Gasteiger charge is 2.10. The fraction of sp³-hybridized carbons (Fsp3) is 0.400. The molecule has 0 aliphatic carbocycles. The molecule has 0 fully saturated rings. The van der Waals surface area contributed by atoms with Crippen molar-refractivity contribution in [3.63, 3.8) is 0 Å². The largest absolute Gasteiger partial charge is 0.356 e. The molecule has 0 atom stereocenters. The molecule has 1 aromatic rings. The van der Waals surface area contributed by atoms with Gasteiger partial charge in [-0.1, -0.05) is 25.4 Å². The smallest absolute Gasteiger partial charge is 0.226 e. The Morgan fingerprint density at radius 3 is 2.41 bits per heavy atom. The Morgan fingerprint density at radius 1 is 1.18 bits per heavy atom. The highest BCUT2D eigenvalue weighted by Crippen LogP contribution is 2.26. The van der Waals surface area contributed by atoms with E-state index in [1.807, 2.05) is 0 Å². The van der Waals surface area contributed by atoms with E-state index in [1.165, 1.54) is 6.92 Å². The van der Waals surface area contributed by atoms with Gasteiger partial charge in [0, 0.05) is 31.5 Å². The molecule has 0 saturated carbocycles. The Kier molecular flexibility index (Phi) is 6.85. The first-order valence-corrected chi connectivity index (χ1v) is 7.32. The van der Waals surface area contributed by atoms with Gasteiger partial charge in [0.05, 0.1) is 10.7 Å². The zero-order valence-electron chi connectivity index (χ0n) is 12.8. The molecule has 120 valence electrons. The molecule has 0 unspecified atom stereocenters. The molecule has 0 aliphatic rings. The number of amides is 3. The van der Waals surface area contributed by atoms with Crippen molar-refractivity contribution in [2.45, 2.75) is 27.2 Å². The molecular weight excluding hydrogens is 306 g/mol. The van der Waals surface area contributed by atoms with Crippen LogP contribution in [0.3, 0.4) is 0 Å². The highest BCUT2D eigenvalue weighted by molar-refractivity contribution is 6.34. The van der Waals surface area contributed by atoms with E-state index < -0.39 is 0 Å². The van der Waals surface area contributed by atoms with Crippen molar-refractivity contribution in [3.05, 3.63) is 23.2 Å². The average molecular weight is 326 g/mol. The first kappa shape index (κ1) is 18.0. The van der Waals surface area contributed by atoms with Crippen molar-refractivity contribution in [1.82, 2.24) is 5.32 Å². The van der Waals surface area contributed by atoms with Crippen molar-refractivity contribution in [3.8, 4) is 0 Å². The van der Waals surface area contributed by atoms with Gasteiger partial charge in [-0.2, -0.15) is 0 Å². The van der Waals surface area contributed by atoms with Crippen LogP contribution < -0.4 is 16.0 Å². The molecule has 6 nitrogen and oxygen atoms in total. The highest BCUT2D eigenvalue weighted by atomic mass is 35.5. The fourth-order valence-corrected chi connectivity index (χ4v) is 1.77. The molecule has 22 heavy (non-hydrogen) atoms. The van der Waals surface area contributed by atoms with E-state index in [0.717, 1.165) is 0 Å². The van der Waals surface area contributed by atoms with E-state index in [9.17, 15) is 14.4 Å². The normalized spacial score (nSPS) is 10.2. The maximum Gasteiger partial charge on any atom is 0.226 e. The quantitative estimate of drug-likeness (QED) is 0.750. The van der Waals surface area contributed by atoms with Gasteiger partial charge in [-0.25, -0.2) is 0 Å². The molecule has 0 radical (unpaired) electrons. The molecule has 0 heterocycles. The zero-order valence-corrected chi connectivity index (χ0v) is 13.6. The molecule has 0 aliphatic heterocycles. The summed E-state index contributed by atoms with van der Waals surface area (Å²) < 4.78 is 0. The van der Waals surface area contributed by atoms with E-state index in [2.05, 4.69) is 16.0 Å². The minimum Gasteiger partial charge on any atom is -0.356 e. The van der Waals surface area contributed by atoms with Gasteiger partial charge in [0.1, 0.15) is 0 Å². The Hall–Kier alpha value is -2.08. The number of nitrogens with one attached hydrogen (secondary N) is 3. The predicted molar refractivity (Wildman–Crippen MR) is 86.9 cm³/mol. The summed E-state index contributed by atoms with van der Waals surface area (Å²) in [6.45, 7) is 5.24. The summed E-state index contributed by atoms with van der Waals surface area (Å²) in [5.74, 6) is -0.692. The molecule has 7 heteroatoms. The van der Waals surface area contributed by atoms with Crippen LogP contribution in [-0.4, -0.2) is 24.3 Å². The summed E-state index contributed by atoms with van der Waals surface area (Å²) in [6.07, 6.45) is 0.170. The Labute approximate surface area is 134 Å². The van der Waals surface area contributed by atoms with Gasteiger partial charge in [-0.05, 0) is 18.2 Å². The third kappa shape index (κ3) is 6.13. The molecule has 1 aromatic carbocycles. The number of carbonyl (C=O) groups is 3. The number of carbonyl (C=O) groups excluding carboxylic acids is 3. The van der Waals surface area contributed by atoms with Gasteiger partial charge in [0.15, 0.2) is 0 Å². The van der Waals surface area contributed by atoms with Crippen LogP contribution in [0.1, 0.15) is 27.2 Å². The van der Waals surface area contributed by atoms with Crippen LogP contribution in [-0.2, 0) is 14.4 Å². The summed E-state index contributed by atoms with van der Waals surface area (Å²) in [6, 6.07) is 4.85. The molecule has 3 amide bonds. The second-order valence-electron chi connectivity index (χ2n) is 5.12. The minimum atomic E-state index is -0.233. The summed E-state index contributed by atoms with van der Waals surface area (Å²) in [5.41, 5.74) is 1.02. The molecule has 0 aromatic heterocycles. The van der Waals surface area contributed by atoms with Gasteiger partial charge in [0.2, 0.25) is 17.7 Å². The van der Waals surface area contributed by atoms with Crippen molar-refractivity contribution < 1.29 is 14.4 Å². The van der Waals surface area contributed by atoms with Gasteiger partial charge in [-0.15, -0.1) is 0 Å². The second kappa shape index (κ2) is 8.38. The lowest BCUT2D eigenvalue weighted by atomic mass is 10.2. The first-order chi connectivity index (χ1) is 10.3. The van der Waals surface area contributed by atoms with E-state index in [4.69, 9.17) is 11.6 Å². The van der Waals surface area contributed by atoms with E-state index in [-0.39, 0.29) is 36.6 Å². The number of rotatable bonds is 6. The zero-order chi connectivity index (χ0) is 16.7. The SMILES string of the molecule is CC(=O)NCCC(=O)Nc1ccc(NC(=O)C(C)C)c(Cl)c1. The molecule has 0 spiro atoms. The van der Waals surface area contributed by atoms with Crippen LogP contribution in [0.2, 0.25) is 5.02 Å². The molecule has 3 N–H and O–H groups in total. The van der Waals surface area contributed by atoms with Gasteiger partial charge in [-0.3, -0.25) is 14.4 Å². The van der Waals surface area contributed by atoms with Crippen LogP contribution >= 0.6 is 11.6 Å². The number of anilines is 2. The van der Waals surface area contributed by atoms with Gasteiger partial charge < -0.3 is 16.0 Å². The third-order valence-electron chi connectivity index (χ3n) is 2.76. The van der Waals surface area contributed by atoms with Crippen molar-refractivity contribution in [2.75, 3.05) is 17.2 Å². The van der Waals surface area contributed by atoms with Crippen LogP contribution in [0, 0.1) is 5.92 Å². The van der Waals surface area contributed by atoms with Crippen molar-refractivity contribution in [2.24, 2.45) is 5.92 Å². The van der Waals surface area contributed by atoms with Crippen LogP contribution in [0.5, 0.6) is 0 Å². The molecule has 0 bridgehead atoms. The van der Waals surface area contributed by atoms with Gasteiger partial charge >= 0.3 is 0 Å². The maximum absolute atomic E-state index is 11.7. The molecule has 1 rings (SSSR count). The monoisotopic (exact) mass is 325 g/mol. The minimum absolute atomic E-state index is 0.131. The summed E-state index contributed by atoms with van der Waals surface area (Å²) in [5, 5.41) is 8.26. The number of hydrogen-bond acceptors (Lipinski definition) is 3. The van der Waals surface area contributed by atoms with E-state index in [0.29, 0.717) is 16.4 Å². The van der Waals surface area contributed by atoms with Crippen LogP contribution in [0.4, 0.5) is 11.4 Å². The summed E-state index contributed by atoms with van der Waals surface area (Å²) in [7, 11) is 0. The number of halogens is 1.